The summed E-state index contributed by atoms with van der Waals surface area (Å²) in [7, 11) is 0. The van der Waals surface area contributed by atoms with Gasteiger partial charge in [0.05, 0.1) is 0 Å². The first-order chi connectivity index (χ1) is 3.79. The number of nitrogens with two attached hydrogens (primary N) is 2. The van der Waals surface area contributed by atoms with Crippen LogP contribution in [0.1, 0.15) is 25.7 Å². The van der Waals surface area contributed by atoms with E-state index in [1.54, 1.807) is 0 Å². The van der Waals surface area contributed by atoms with Gasteiger partial charge in [0.15, 0.2) is 0 Å². The molecule has 4 N–H and O–H groups in total. The molecule has 1 aliphatic rings. The maximum absolute atomic E-state index is 5.65. The third kappa shape index (κ3) is 4.34. The first-order valence-electron chi connectivity index (χ1n) is 3.30. The van der Waals surface area contributed by atoms with E-state index in [0.29, 0.717) is 12.1 Å². The quantitative estimate of drug-likeness (QED) is 0.595. The zero-order valence-corrected chi connectivity index (χ0v) is 7.59. The van der Waals surface area contributed by atoms with Crippen molar-refractivity contribution in [3.8, 4) is 0 Å². The van der Waals surface area contributed by atoms with Crippen molar-refractivity contribution in [3.05, 3.63) is 0 Å². The lowest BCUT2D eigenvalue weighted by Crippen LogP contribution is -2.35. The summed E-state index contributed by atoms with van der Waals surface area (Å²) in [5, 5.41) is 0. The normalized spacial score (nSPS) is 31.8. The predicted octanol–water partition coefficient (Wildman–Crippen LogP) is 1.06. The van der Waals surface area contributed by atoms with Crippen LogP contribution < -0.4 is 11.5 Å². The van der Waals surface area contributed by atoms with E-state index in [1.807, 2.05) is 0 Å². The summed E-state index contributed by atoms with van der Waals surface area (Å²) < 4.78 is 0. The Balaban J connectivity index is 0. The largest absolute Gasteiger partial charge is 0.328 e. The first-order valence-corrected chi connectivity index (χ1v) is 3.30. The van der Waals surface area contributed by atoms with E-state index in [-0.39, 0.29) is 24.8 Å². The minimum Gasteiger partial charge on any atom is -0.328 e. The van der Waals surface area contributed by atoms with Crippen molar-refractivity contribution >= 4 is 24.8 Å². The van der Waals surface area contributed by atoms with Crippen LogP contribution in [0.15, 0.2) is 0 Å². The third-order valence-electron chi connectivity index (χ3n) is 1.76. The minimum atomic E-state index is 0. The van der Waals surface area contributed by atoms with Crippen molar-refractivity contribution in [1.82, 2.24) is 0 Å². The molecule has 4 heteroatoms. The van der Waals surface area contributed by atoms with Gasteiger partial charge in [0.2, 0.25) is 0 Å². The molecule has 0 bridgehead atoms. The van der Waals surface area contributed by atoms with Crippen LogP contribution in [0.4, 0.5) is 0 Å². The maximum Gasteiger partial charge on any atom is 0.00535 e. The number of hydrogen-bond acceptors (Lipinski definition) is 2. The van der Waals surface area contributed by atoms with Crippen molar-refractivity contribution in [2.45, 2.75) is 37.8 Å². The average molecular weight is 187 g/mol. The topological polar surface area (TPSA) is 52.0 Å². The molecule has 2 nitrogen and oxygen atoms in total. The number of rotatable bonds is 0. The second-order valence-corrected chi connectivity index (χ2v) is 2.69. The molecular weight excluding hydrogens is 171 g/mol. The van der Waals surface area contributed by atoms with Gasteiger partial charge < -0.3 is 11.5 Å². The summed E-state index contributed by atoms with van der Waals surface area (Å²) in [6.45, 7) is 0. The lowest BCUT2D eigenvalue weighted by atomic mass is 9.92. The van der Waals surface area contributed by atoms with Crippen LogP contribution in [0.3, 0.4) is 0 Å². The lowest BCUT2D eigenvalue weighted by molar-refractivity contribution is 0.392. The van der Waals surface area contributed by atoms with Gasteiger partial charge in [0.25, 0.3) is 0 Å². The molecule has 1 fully saturated rings. The Morgan fingerprint density at radius 1 is 0.900 bits per heavy atom. The molecule has 0 radical (unpaired) electrons. The van der Waals surface area contributed by atoms with E-state index in [1.165, 1.54) is 19.3 Å². The van der Waals surface area contributed by atoms with Gasteiger partial charge in [-0.05, 0) is 19.3 Å². The minimum absolute atomic E-state index is 0. The Hall–Kier alpha value is 0.500. The first kappa shape index (κ1) is 13.1. The van der Waals surface area contributed by atoms with Gasteiger partial charge >= 0.3 is 0 Å². The van der Waals surface area contributed by atoms with Gasteiger partial charge in [0, 0.05) is 12.1 Å². The Morgan fingerprint density at radius 3 is 1.50 bits per heavy atom. The highest BCUT2D eigenvalue weighted by Gasteiger charge is 2.14. The summed E-state index contributed by atoms with van der Waals surface area (Å²) in [6, 6.07) is 0.775. The molecule has 10 heavy (non-hydrogen) atoms. The fourth-order valence-corrected chi connectivity index (χ4v) is 1.27. The van der Waals surface area contributed by atoms with Gasteiger partial charge in [0.1, 0.15) is 0 Å². The Labute approximate surface area is 74.5 Å². The molecule has 1 rings (SSSR count). The van der Waals surface area contributed by atoms with E-state index in [4.69, 9.17) is 11.5 Å². The molecule has 2 unspecified atom stereocenters. The van der Waals surface area contributed by atoms with Crippen LogP contribution in [-0.2, 0) is 0 Å². The molecular formula is C6H16Cl2N2. The molecule has 0 spiro atoms. The lowest BCUT2D eigenvalue weighted by Gasteiger charge is -2.22. The van der Waals surface area contributed by atoms with E-state index >= 15 is 0 Å². The molecule has 1 saturated carbocycles. The molecule has 0 aromatic heterocycles. The van der Waals surface area contributed by atoms with Crippen molar-refractivity contribution < 1.29 is 0 Å². The zero-order valence-electron chi connectivity index (χ0n) is 5.95. The van der Waals surface area contributed by atoms with E-state index < -0.39 is 0 Å². The standard InChI is InChI=1S/C6H14N2.2ClH/c7-5-2-1-3-6(8)4-5;;/h5-6H,1-4,7-8H2;2*1H. The Kier molecular flexibility index (Phi) is 8.17. The molecule has 64 valence electrons. The van der Waals surface area contributed by atoms with Gasteiger partial charge in [-0.3, -0.25) is 0 Å². The third-order valence-corrected chi connectivity index (χ3v) is 1.76. The highest BCUT2D eigenvalue weighted by atomic mass is 35.5. The van der Waals surface area contributed by atoms with Crippen LogP contribution in [-0.4, -0.2) is 12.1 Å². The van der Waals surface area contributed by atoms with Gasteiger partial charge in [-0.1, -0.05) is 6.42 Å². The molecule has 0 saturated heterocycles. The number of hydrogen-bond donors (Lipinski definition) is 2. The second-order valence-electron chi connectivity index (χ2n) is 2.69. The van der Waals surface area contributed by atoms with Crippen LogP contribution >= 0.6 is 24.8 Å². The highest BCUT2D eigenvalue weighted by Crippen LogP contribution is 2.14. The summed E-state index contributed by atoms with van der Waals surface area (Å²) >= 11 is 0. The average Bonchev–Trinajstić information content (AvgIpc) is 1.64. The summed E-state index contributed by atoms with van der Waals surface area (Å²) in [4.78, 5) is 0. The van der Waals surface area contributed by atoms with Gasteiger partial charge in [-0.2, -0.15) is 0 Å². The second kappa shape index (κ2) is 6.23. The summed E-state index contributed by atoms with van der Waals surface area (Å²) in [5.74, 6) is 0. The molecule has 1 aliphatic carbocycles. The summed E-state index contributed by atoms with van der Waals surface area (Å²) in [5.41, 5.74) is 11.3. The fraction of sp³-hybridized carbons (Fsp3) is 1.00. The van der Waals surface area contributed by atoms with Crippen LogP contribution in [0.25, 0.3) is 0 Å². The van der Waals surface area contributed by atoms with Crippen molar-refractivity contribution in [1.29, 1.82) is 0 Å². The Bertz CT molecular complexity index is 72.1. The maximum atomic E-state index is 5.65. The van der Waals surface area contributed by atoms with E-state index in [9.17, 15) is 0 Å². The highest BCUT2D eigenvalue weighted by molar-refractivity contribution is 5.85. The van der Waals surface area contributed by atoms with Crippen LogP contribution in [0.2, 0.25) is 0 Å². The van der Waals surface area contributed by atoms with E-state index in [0.717, 1.165) is 6.42 Å². The molecule has 0 aromatic carbocycles. The van der Waals surface area contributed by atoms with Gasteiger partial charge in [-0.25, -0.2) is 0 Å². The number of halogens is 2. The molecule has 2 atom stereocenters. The van der Waals surface area contributed by atoms with Crippen LogP contribution in [0, 0.1) is 0 Å². The predicted molar refractivity (Wildman–Crippen MR) is 48.9 cm³/mol. The smallest absolute Gasteiger partial charge is 0.00535 e. The van der Waals surface area contributed by atoms with E-state index in [2.05, 4.69) is 0 Å². The Morgan fingerprint density at radius 2 is 1.30 bits per heavy atom. The summed E-state index contributed by atoms with van der Waals surface area (Å²) in [6.07, 6.45) is 4.60. The fourth-order valence-electron chi connectivity index (χ4n) is 1.27. The molecule has 0 aliphatic heterocycles. The van der Waals surface area contributed by atoms with Crippen LogP contribution in [0.5, 0.6) is 0 Å². The van der Waals surface area contributed by atoms with Gasteiger partial charge in [-0.15, -0.1) is 24.8 Å². The van der Waals surface area contributed by atoms with Crippen molar-refractivity contribution in [2.24, 2.45) is 11.5 Å². The van der Waals surface area contributed by atoms with Crippen molar-refractivity contribution in [2.75, 3.05) is 0 Å². The molecule has 0 amide bonds. The van der Waals surface area contributed by atoms with Crippen molar-refractivity contribution in [3.63, 3.8) is 0 Å². The monoisotopic (exact) mass is 186 g/mol. The molecule has 0 aromatic rings. The molecule has 0 heterocycles. The SMILES string of the molecule is Cl.Cl.NC1CCCC(N)C1. The zero-order chi connectivity index (χ0) is 5.98.